The maximum atomic E-state index is 13.7. The van der Waals surface area contributed by atoms with E-state index in [9.17, 15) is 14.4 Å². The summed E-state index contributed by atoms with van der Waals surface area (Å²) >= 11 is 0. The Morgan fingerprint density at radius 1 is 1.06 bits per heavy atom. The topological polar surface area (TPSA) is 87.7 Å². The molecule has 0 saturated heterocycles. The van der Waals surface area contributed by atoms with Crippen LogP contribution < -0.4 is 10.6 Å². The fourth-order valence-corrected chi connectivity index (χ4v) is 3.50. The van der Waals surface area contributed by atoms with Crippen LogP contribution in [-0.2, 0) is 14.3 Å². The molecule has 2 N–H and O–H groups in total. The van der Waals surface area contributed by atoms with Gasteiger partial charge in [0.05, 0.1) is 0 Å². The van der Waals surface area contributed by atoms with Crippen LogP contribution in [-0.4, -0.2) is 34.5 Å². The number of nitrogens with one attached hydrogen (secondary N) is 2. The number of hydrogen-bond donors (Lipinski definition) is 2. The Kier molecular flexibility index (Phi) is 9.47. The quantitative estimate of drug-likeness (QED) is 0.412. The standard InChI is InChI=1S/C28H35N3O4/c1-8-19(3)23(30-27(34)35-28(5,6)7)26(33)31(9-2)24(21-16-11-10-12-17-21)25(32)29-22-18-14-13-15-20(22)4/h2,10-19,23-24H,8H2,1,3-7H3,(H,29,32)(H,30,34). The number of aryl methyl sites for hydroxylation is 1. The van der Waals surface area contributed by atoms with Crippen molar-refractivity contribution in [1.29, 1.82) is 0 Å². The number of carbonyl (C=O) groups excluding carboxylic acids is 3. The lowest BCUT2D eigenvalue weighted by molar-refractivity contribution is -0.137. The molecule has 0 bridgehead atoms. The summed E-state index contributed by atoms with van der Waals surface area (Å²) in [5.41, 5.74) is 1.30. The smallest absolute Gasteiger partial charge is 0.408 e. The van der Waals surface area contributed by atoms with Gasteiger partial charge < -0.3 is 15.4 Å². The van der Waals surface area contributed by atoms with Crippen LogP contribution >= 0.6 is 0 Å². The second-order valence-corrected chi connectivity index (χ2v) is 9.46. The number of para-hydroxylation sites is 1. The van der Waals surface area contributed by atoms with Crippen LogP contribution in [0.25, 0.3) is 0 Å². The highest BCUT2D eigenvalue weighted by Crippen LogP contribution is 2.26. The molecular formula is C28H35N3O4. The van der Waals surface area contributed by atoms with Gasteiger partial charge in [0.25, 0.3) is 11.8 Å². The van der Waals surface area contributed by atoms with Crippen molar-refractivity contribution in [2.24, 2.45) is 5.92 Å². The number of anilines is 1. The Bertz CT molecular complexity index is 1070. The molecule has 7 heteroatoms. The second kappa shape index (κ2) is 12.1. The van der Waals surface area contributed by atoms with Crippen molar-refractivity contribution < 1.29 is 19.1 Å². The minimum absolute atomic E-state index is 0.262. The Hall–Kier alpha value is -3.79. The normalized spacial score (nSPS) is 13.5. The summed E-state index contributed by atoms with van der Waals surface area (Å²) in [5.74, 6) is -1.29. The highest BCUT2D eigenvalue weighted by molar-refractivity contribution is 6.00. The molecule has 0 aromatic heterocycles. The van der Waals surface area contributed by atoms with Crippen LogP contribution in [0.1, 0.15) is 58.2 Å². The molecule has 0 aliphatic heterocycles. The summed E-state index contributed by atoms with van der Waals surface area (Å²) in [6.07, 6.45) is 5.68. The molecule has 0 aliphatic rings. The fraction of sp³-hybridized carbons (Fsp3) is 0.393. The van der Waals surface area contributed by atoms with Crippen molar-refractivity contribution in [1.82, 2.24) is 10.2 Å². The molecule has 3 amide bonds. The lowest BCUT2D eigenvalue weighted by Gasteiger charge is -2.32. The van der Waals surface area contributed by atoms with Crippen molar-refractivity contribution in [2.45, 2.75) is 65.6 Å². The first kappa shape index (κ1) is 27.5. The molecule has 0 heterocycles. The van der Waals surface area contributed by atoms with Gasteiger partial charge in [0, 0.05) is 11.7 Å². The van der Waals surface area contributed by atoms with E-state index in [1.165, 1.54) is 0 Å². The number of alkyl carbamates (subject to hydrolysis) is 1. The van der Waals surface area contributed by atoms with Gasteiger partial charge in [-0.3, -0.25) is 14.5 Å². The number of nitrogens with zero attached hydrogens (tertiary/aromatic N) is 1. The Morgan fingerprint density at radius 2 is 1.66 bits per heavy atom. The van der Waals surface area contributed by atoms with E-state index < -0.39 is 35.6 Å². The average molecular weight is 478 g/mol. The summed E-state index contributed by atoms with van der Waals surface area (Å²) in [6, 6.07) is 16.5. The summed E-state index contributed by atoms with van der Waals surface area (Å²) in [5, 5.41) is 5.56. The number of carbonyl (C=O) groups is 3. The number of terminal acetylenes is 1. The van der Waals surface area contributed by atoms with E-state index in [2.05, 4.69) is 16.7 Å². The summed E-state index contributed by atoms with van der Waals surface area (Å²) in [4.78, 5) is 40.9. The van der Waals surface area contributed by atoms with E-state index in [1.807, 2.05) is 45.0 Å². The molecule has 2 rings (SSSR count). The third-order valence-corrected chi connectivity index (χ3v) is 5.55. The average Bonchev–Trinajstić information content (AvgIpc) is 2.80. The predicted molar refractivity (Wildman–Crippen MR) is 137 cm³/mol. The Morgan fingerprint density at radius 3 is 2.20 bits per heavy atom. The van der Waals surface area contributed by atoms with Gasteiger partial charge in [-0.05, 0) is 50.8 Å². The van der Waals surface area contributed by atoms with Gasteiger partial charge in [0.1, 0.15) is 17.7 Å². The molecule has 0 radical (unpaired) electrons. The van der Waals surface area contributed by atoms with Crippen molar-refractivity contribution in [3.8, 4) is 12.5 Å². The van der Waals surface area contributed by atoms with E-state index in [0.29, 0.717) is 17.7 Å². The van der Waals surface area contributed by atoms with Crippen LogP contribution in [0.3, 0.4) is 0 Å². The lowest BCUT2D eigenvalue weighted by Crippen LogP contribution is -2.53. The molecule has 0 saturated carbocycles. The first-order valence-corrected chi connectivity index (χ1v) is 11.7. The second-order valence-electron chi connectivity index (χ2n) is 9.46. The monoisotopic (exact) mass is 477 g/mol. The first-order valence-electron chi connectivity index (χ1n) is 11.7. The number of hydrogen-bond acceptors (Lipinski definition) is 4. The number of amides is 3. The molecule has 0 spiro atoms. The van der Waals surface area contributed by atoms with Crippen molar-refractivity contribution in [3.63, 3.8) is 0 Å². The van der Waals surface area contributed by atoms with Crippen molar-refractivity contribution in [2.75, 3.05) is 5.32 Å². The van der Waals surface area contributed by atoms with Crippen LogP contribution in [0, 0.1) is 25.3 Å². The van der Waals surface area contributed by atoms with Crippen LogP contribution in [0.2, 0.25) is 0 Å². The molecule has 3 unspecified atom stereocenters. The van der Waals surface area contributed by atoms with Crippen molar-refractivity contribution in [3.05, 3.63) is 65.7 Å². The minimum Gasteiger partial charge on any atom is -0.444 e. The largest absolute Gasteiger partial charge is 0.444 e. The van der Waals surface area contributed by atoms with E-state index >= 15 is 0 Å². The molecule has 0 fully saturated rings. The Balaban J connectivity index is 2.44. The molecule has 7 nitrogen and oxygen atoms in total. The SMILES string of the molecule is C#CN(C(=O)C(NC(=O)OC(C)(C)C)C(C)CC)C(C(=O)Nc1ccccc1C)c1ccccc1. The number of rotatable bonds is 8. The Labute approximate surface area is 208 Å². The van der Waals surface area contributed by atoms with Gasteiger partial charge >= 0.3 is 6.09 Å². The van der Waals surface area contributed by atoms with E-state index in [-0.39, 0.29) is 5.92 Å². The summed E-state index contributed by atoms with van der Waals surface area (Å²) < 4.78 is 5.36. The van der Waals surface area contributed by atoms with Crippen LogP contribution in [0.5, 0.6) is 0 Å². The fourth-order valence-electron chi connectivity index (χ4n) is 3.50. The molecule has 186 valence electrons. The number of benzene rings is 2. The molecule has 2 aromatic carbocycles. The molecule has 3 atom stereocenters. The summed E-state index contributed by atoms with van der Waals surface area (Å²) in [6.45, 7) is 10.8. The van der Waals surface area contributed by atoms with Gasteiger partial charge in [-0.1, -0.05) is 75.2 Å². The zero-order valence-corrected chi connectivity index (χ0v) is 21.3. The highest BCUT2D eigenvalue weighted by atomic mass is 16.6. The summed E-state index contributed by atoms with van der Waals surface area (Å²) in [7, 11) is 0. The van der Waals surface area contributed by atoms with Crippen LogP contribution in [0.15, 0.2) is 54.6 Å². The molecule has 0 aliphatic carbocycles. The van der Waals surface area contributed by atoms with Gasteiger partial charge in [0.15, 0.2) is 0 Å². The maximum Gasteiger partial charge on any atom is 0.408 e. The highest BCUT2D eigenvalue weighted by Gasteiger charge is 2.37. The minimum atomic E-state index is -1.11. The zero-order valence-electron chi connectivity index (χ0n) is 21.3. The van der Waals surface area contributed by atoms with Crippen molar-refractivity contribution >= 4 is 23.6 Å². The van der Waals surface area contributed by atoms with E-state index in [4.69, 9.17) is 11.2 Å². The maximum absolute atomic E-state index is 13.7. The van der Waals surface area contributed by atoms with E-state index in [1.54, 1.807) is 51.1 Å². The lowest BCUT2D eigenvalue weighted by atomic mass is 9.96. The third kappa shape index (κ3) is 7.61. The number of ether oxygens (including phenoxy) is 1. The van der Waals surface area contributed by atoms with Gasteiger partial charge in [-0.15, -0.1) is 0 Å². The van der Waals surface area contributed by atoms with E-state index in [0.717, 1.165) is 10.5 Å². The molecular weight excluding hydrogens is 442 g/mol. The zero-order chi connectivity index (χ0) is 26.2. The van der Waals surface area contributed by atoms with Gasteiger partial charge in [-0.25, -0.2) is 4.79 Å². The predicted octanol–water partition coefficient (Wildman–Crippen LogP) is 5.03. The van der Waals surface area contributed by atoms with Gasteiger partial charge in [-0.2, -0.15) is 0 Å². The molecule has 2 aromatic rings. The van der Waals surface area contributed by atoms with Gasteiger partial charge in [0.2, 0.25) is 0 Å². The van der Waals surface area contributed by atoms with Crippen LogP contribution in [0.4, 0.5) is 10.5 Å². The molecule has 35 heavy (non-hydrogen) atoms. The third-order valence-electron chi connectivity index (χ3n) is 5.55. The first-order chi connectivity index (χ1) is 16.5.